The molecule has 4 nitrogen and oxygen atoms in total. The third-order valence-corrected chi connectivity index (χ3v) is 4.52. The fourth-order valence-electron chi connectivity index (χ4n) is 3.33. The molecule has 1 saturated heterocycles. The smallest absolute Gasteiger partial charge is 0.236 e. The van der Waals surface area contributed by atoms with Gasteiger partial charge in [-0.2, -0.15) is 0 Å². The van der Waals surface area contributed by atoms with Crippen molar-refractivity contribution in [3.63, 3.8) is 0 Å². The summed E-state index contributed by atoms with van der Waals surface area (Å²) >= 11 is 0. The maximum Gasteiger partial charge on any atom is 0.236 e. The zero-order chi connectivity index (χ0) is 14.8. The van der Waals surface area contributed by atoms with E-state index < -0.39 is 0 Å². The number of carbonyl (C=O) groups is 2. The van der Waals surface area contributed by atoms with Crippen LogP contribution in [0.15, 0.2) is 24.3 Å². The molecule has 2 atom stereocenters. The molecule has 2 aliphatic rings. The number of fused-ring (bicyclic) bond motifs is 2. The van der Waals surface area contributed by atoms with Crippen molar-refractivity contribution in [2.75, 3.05) is 11.4 Å². The van der Waals surface area contributed by atoms with Gasteiger partial charge in [0.15, 0.2) is 0 Å². The highest BCUT2D eigenvalue weighted by Gasteiger charge is 2.45. The molecule has 2 amide bonds. The topological polar surface area (TPSA) is 49.4 Å². The highest BCUT2D eigenvalue weighted by Crippen LogP contribution is 2.39. The Balaban J connectivity index is 1.74. The lowest BCUT2D eigenvalue weighted by atomic mass is 9.96. The first-order valence-electron chi connectivity index (χ1n) is 7.88. The van der Waals surface area contributed by atoms with Crippen LogP contribution in [0.3, 0.4) is 0 Å². The van der Waals surface area contributed by atoms with Crippen LogP contribution in [0.1, 0.15) is 38.2 Å². The molecule has 3 rings (SSSR count). The van der Waals surface area contributed by atoms with Gasteiger partial charge < -0.3 is 5.32 Å². The van der Waals surface area contributed by atoms with E-state index in [9.17, 15) is 9.59 Å². The molecule has 1 N–H and O–H groups in total. The molecule has 2 fully saturated rings. The summed E-state index contributed by atoms with van der Waals surface area (Å²) in [6.07, 6.45) is 3.60. The van der Waals surface area contributed by atoms with E-state index in [-0.39, 0.29) is 23.7 Å². The van der Waals surface area contributed by atoms with Crippen molar-refractivity contribution in [2.24, 2.45) is 11.8 Å². The zero-order valence-corrected chi connectivity index (χ0v) is 12.5. The molecule has 0 aromatic heterocycles. The van der Waals surface area contributed by atoms with Crippen LogP contribution in [-0.2, 0) is 16.1 Å². The number of amides is 2. The van der Waals surface area contributed by atoms with Gasteiger partial charge >= 0.3 is 0 Å². The Labute approximate surface area is 125 Å². The Morgan fingerprint density at radius 2 is 1.71 bits per heavy atom. The molecular weight excluding hydrogens is 264 g/mol. The summed E-state index contributed by atoms with van der Waals surface area (Å²) in [4.78, 5) is 26.2. The van der Waals surface area contributed by atoms with E-state index in [0.29, 0.717) is 0 Å². The van der Waals surface area contributed by atoms with Crippen molar-refractivity contribution in [3.05, 3.63) is 29.8 Å². The number of hydrogen-bond acceptors (Lipinski definition) is 3. The van der Waals surface area contributed by atoms with Gasteiger partial charge in [0.2, 0.25) is 11.8 Å². The van der Waals surface area contributed by atoms with Crippen LogP contribution in [-0.4, -0.2) is 18.4 Å². The Kier molecular flexibility index (Phi) is 4.06. The fourth-order valence-corrected chi connectivity index (χ4v) is 3.33. The number of piperidine rings is 1. The maximum atomic E-state index is 12.4. The minimum Gasteiger partial charge on any atom is -0.313 e. The van der Waals surface area contributed by atoms with Crippen LogP contribution in [0.25, 0.3) is 0 Å². The van der Waals surface area contributed by atoms with Gasteiger partial charge in [0.05, 0.1) is 5.69 Å². The number of nitrogens with one attached hydrogen (secondary N) is 1. The molecule has 1 aliphatic carbocycles. The second kappa shape index (κ2) is 5.98. The van der Waals surface area contributed by atoms with Crippen LogP contribution < -0.4 is 10.2 Å². The van der Waals surface area contributed by atoms with Crippen molar-refractivity contribution in [1.29, 1.82) is 0 Å². The normalized spacial score (nSPS) is 24.7. The van der Waals surface area contributed by atoms with Crippen molar-refractivity contribution >= 4 is 17.5 Å². The van der Waals surface area contributed by atoms with Crippen LogP contribution in [0, 0.1) is 11.8 Å². The van der Waals surface area contributed by atoms with Gasteiger partial charge in [0, 0.05) is 18.4 Å². The van der Waals surface area contributed by atoms with Crippen molar-refractivity contribution in [1.82, 2.24) is 5.32 Å². The number of nitrogens with zero attached hydrogens (tertiary/aromatic N) is 1. The maximum absolute atomic E-state index is 12.4. The van der Waals surface area contributed by atoms with Crippen LogP contribution in [0.2, 0.25) is 0 Å². The summed E-state index contributed by atoms with van der Waals surface area (Å²) in [6.45, 7) is 3.95. The molecule has 1 aromatic carbocycles. The summed E-state index contributed by atoms with van der Waals surface area (Å²) in [5, 5.41) is 3.34. The fraction of sp³-hybridized carbons (Fsp3) is 0.529. The van der Waals surface area contributed by atoms with Crippen molar-refractivity contribution in [2.45, 2.75) is 39.2 Å². The van der Waals surface area contributed by atoms with Gasteiger partial charge in [-0.1, -0.05) is 19.1 Å². The first kappa shape index (κ1) is 14.3. The van der Waals surface area contributed by atoms with E-state index in [1.54, 1.807) is 0 Å². The van der Waals surface area contributed by atoms with Gasteiger partial charge in [-0.3, -0.25) is 14.5 Å². The molecule has 4 heteroatoms. The number of rotatable bonds is 5. The second-order valence-corrected chi connectivity index (χ2v) is 6.06. The predicted octanol–water partition coefficient (Wildman–Crippen LogP) is 2.48. The SMILES string of the molecule is CCCNCc1ccc(N2C(=O)C3CCC(C3)C2=O)cc1. The lowest BCUT2D eigenvalue weighted by Gasteiger charge is -2.29. The molecular formula is C17H22N2O2. The van der Waals surface area contributed by atoms with Crippen molar-refractivity contribution < 1.29 is 9.59 Å². The van der Waals surface area contributed by atoms with E-state index in [1.165, 1.54) is 10.5 Å². The second-order valence-electron chi connectivity index (χ2n) is 6.06. The highest BCUT2D eigenvalue weighted by atomic mass is 16.2. The highest BCUT2D eigenvalue weighted by molar-refractivity contribution is 6.18. The van der Waals surface area contributed by atoms with Crippen LogP contribution in [0.5, 0.6) is 0 Å². The summed E-state index contributed by atoms with van der Waals surface area (Å²) < 4.78 is 0. The molecule has 21 heavy (non-hydrogen) atoms. The van der Waals surface area contributed by atoms with Gasteiger partial charge in [0.1, 0.15) is 0 Å². The standard InChI is InChI=1S/C17H22N2O2/c1-2-9-18-11-12-3-7-15(8-4-12)19-16(20)13-5-6-14(10-13)17(19)21/h3-4,7-8,13-14,18H,2,5-6,9-11H2,1H3. The number of imide groups is 1. The van der Waals surface area contributed by atoms with Crippen molar-refractivity contribution in [3.8, 4) is 0 Å². The molecule has 112 valence electrons. The largest absolute Gasteiger partial charge is 0.313 e. The predicted molar refractivity (Wildman–Crippen MR) is 81.8 cm³/mol. The molecule has 1 aliphatic heterocycles. The summed E-state index contributed by atoms with van der Waals surface area (Å²) in [6, 6.07) is 7.77. The number of carbonyl (C=O) groups excluding carboxylic acids is 2. The van der Waals surface area contributed by atoms with E-state index >= 15 is 0 Å². The summed E-state index contributed by atoms with van der Waals surface area (Å²) in [7, 11) is 0. The van der Waals surface area contributed by atoms with E-state index in [0.717, 1.165) is 44.5 Å². The lowest BCUT2D eigenvalue weighted by Crippen LogP contribution is -2.46. The minimum absolute atomic E-state index is 0.00870. The lowest BCUT2D eigenvalue weighted by molar-refractivity contribution is -0.132. The Hall–Kier alpha value is -1.68. The Morgan fingerprint density at radius 3 is 2.29 bits per heavy atom. The molecule has 0 radical (unpaired) electrons. The first-order chi connectivity index (χ1) is 10.2. The van der Waals surface area contributed by atoms with Crippen LogP contribution in [0.4, 0.5) is 5.69 Å². The van der Waals surface area contributed by atoms with E-state index in [2.05, 4.69) is 12.2 Å². The average molecular weight is 286 g/mol. The summed E-state index contributed by atoms with van der Waals surface area (Å²) in [5.41, 5.74) is 1.90. The van der Waals surface area contributed by atoms with Gasteiger partial charge in [-0.15, -0.1) is 0 Å². The molecule has 1 saturated carbocycles. The third-order valence-electron chi connectivity index (χ3n) is 4.52. The number of benzene rings is 1. The summed E-state index contributed by atoms with van der Waals surface area (Å²) in [5.74, 6) is 0.0911. The molecule has 2 unspecified atom stereocenters. The molecule has 1 heterocycles. The molecule has 0 spiro atoms. The Bertz CT molecular complexity index is 516. The monoisotopic (exact) mass is 286 g/mol. The van der Waals surface area contributed by atoms with Gasteiger partial charge in [0.25, 0.3) is 0 Å². The molecule has 2 bridgehead atoms. The quantitative estimate of drug-likeness (QED) is 0.668. The Morgan fingerprint density at radius 1 is 1.10 bits per heavy atom. The minimum atomic E-state index is -0.00870. The van der Waals surface area contributed by atoms with Crippen LogP contribution >= 0.6 is 0 Å². The third kappa shape index (κ3) is 2.72. The zero-order valence-electron chi connectivity index (χ0n) is 12.5. The average Bonchev–Trinajstić information content (AvgIpc) is 2.94. The van der Waals surface area contributed by atoms with E-state index in [1.807, 2.05) is 24.3 Å². The number of hydrogen-bond donors (Lipinski definition) is 1. The van der Waals surface area contributed by atoms with E-state index in [4.69, 9.17) is 0 Å². The van der Waals surface area contributed by atoms with Gasteiger partial charge in [-0.05, 0) is 49.9 Å². The first-order valence-corrected chi connectivity index (χ1v) is 7.88. The molecule has 1 aromatic rings. The number of anilines is 1. The van der Waals surface area contributed by atoms with Gasteiger partial charge in [-0.25, -0.2) is 0 Å².